The maximum atomic E-state index is 11.6. The topological polar surface area (TPSA) is 147 Å². The van der Waals surface area contributed by atoms with Crippen LogP contribution >= 0.6 is 0 Å². The van der Waals surface area contributed by atoms with Gasteiger partial charge in [-0.15, -0.1) is 10.2 Å². The van der Waals surface area contributed by atoms with E-state index in [0.717, 1.165) is 69.3 Å². The lowest BCUT2D eigenvalue weighted by molar-refractivity contribution is -0.140. The van der Waals surface area contributed by atoms with Crippen molar-refractivity contribution in [2.45, 2.75) is 76.4 Å². The molecular formula is C41H59N9O5. The highest BCUT2D eigenvalue weighted by atomic mass is 16.5. The van der Waals surface area contributed by atoms with Gasteiger partial charge in [-0.05, 0) is 113 Å². The summed E-state index contributed by atoms with van der Waals surface area (Å²) in [6, 6.07) is 12.9. The van der Waals surface area contributed by atoms with Crippen LogP contribution in [0.1, 0.15) is 64.1 Å². The number of aromatic hydroxyl groups is 1. The van der Waals surface area contributed by atoms with Crippen molar-refractivity contribution >= 4 is 17.5 Å². The number of carboxylic acids is 1. The van der Waals surface area contributed by atoms with Crippen molar-refractivity contribution in [1.29, 1.82) is 0 Å². The zero-order valence-electron chi connectivity index (χ0n) is 32.6. The van der Waals surface area contributed by atoms with Crippen molar-refractivity contribution in [2.24, 2.45) is 11.8 Å². The minimum atomic E-state index is -0.906. The Morgan fingerprint density at radius 3 is 2.31 bits per heavy atom. The first-order valence-electron chi connectivity index (χ1n) is 20.7. The molecule has 2 atom stereocenters. The lowest BCUT2D eigenvalue weighted by Crippen LogP contribution is -2.58. The predicted molar refractivity (Wildman–Crippen MR) is 211 cm³/mol. The maximum absolute atomic E-state index is 11.6. The summed E-state index contributed by atoms with van der Waals surface area (Å²) in [6.07, 6.45) is 7.56. The number of piperazine rings is 1. The second-order valence-corrected chi connectivity index (χ2v) is 16.8. The number of hydrogen-bond acceptors (Lipinski definition) is 13. The molecule has 55 heavy (non-hydrogen) atoms. The molecule has 1 unspecified atom stereocenters. The summed E-state index contributed by atoms with van der Waals surface area (Å²) in [6.45, 7) is 17.3. The zero-order valence-corrected chi connectivity index (χ0v) is 32.6. The number of fused-ring (bicyclic) bond motifs is 3. The third-order valence-corrected chi connectivity index (χ3v) is 13.0. The Hall–Kier alpha value is -3.98. The molecule has 4 fully saturated rings. The largest absolute Gasteiger partial charge is 0.507 e. The number of piperidine rings is 3. The van der Waals surface area contributed by atoms with Crippen LogP contribution in [0.15, 0.2) is 40.9 Å². The van der Waals surface area contributed by atoms with Crippen molar-refractivity contribution in [3.05, 3.63) is 42.2 Å². The number of likely N-dealkylation sites (tertiary alicyclic amines) is 3. The molecule has 1 aromatic carbocycles. The Morgan fingerprint density at radius 1 is 0.891 bits per heavy atom. The number of ether oxygens (including phenoxy) is 1. The van der Waals surface area contributed by atoms with Crippen molar-refractivity contribution in [2.75, 3.05) is 95.4 Å². The van der Waals surface area contributed by atoms with Gasteiger partial charge < -0.3 is 39.5 Å². The Labute approximate surface area is 324 Å². The van der Waals surface area contributed by atoms with E-state index in [2.05, 4.69) is 51.2 Å². The second kappa shape index (κ2) is 17.0. The average Bonchev–Trinajstić information content (AvgIpc) is 3.66. The van der Waals surface area contributed by atoms with E-state index in [-0.39, 0.29) is 11.7 Å². The molecule has 0 bridgehead atoms. The summed E-state index contributed by atoms with van der Waals surface area (Å²) in [5.74, 6) is 0.837. The Kier molecular flexibility index (Phi) is 11.7. The van der Waals surface area contributed by atoms with Gasteiger partial charge in [0, 0.05) is 63.0 Å². The molecule has 0 spiro atoms. The highest BCUT2D eigenvalue weighted by Crippen LogP contribution is 2.37. The molecular weight excluding hydrogens is 699 g/mol. The molecule has 5 aliphatic heterocycles. The smallest absolute Gasteiger partial charge is 0.314 e. The molecule has 0 saturated carbocycles. The molecule has 2 aromatic heterocycles. The van der Waals surface area contributed by atoms with E-state index in [4.69, 9.17) is 9.26 Å². The van der Waals surface area contributed by atoms with Gasteiger partial charge in [-0.1, -0.05) is 26.0 Å². The first-order valence-corrected chi connectivity index (χ1v) is 20.7. The number of benzene rings is 1. The zero-order chi connectivity index (χ0) is 37.9. The number of carboxylic acid groups (broad SMARTS) is 1. The molecule has 0 amide bonds. The van der Waals surface area contributed by atoms with Crippen molar-refractivity contribution in [3.8, 4) is 22.9 Å². The van der Waals surface area contributed by atoms with Crippen LogP contribution in [-0.2, 0) is 4.79 Å². The van der Waals surface area contributed by atoms with E-state index in [9.17, 15) is 15.0 Å². The molecule has 7 heterocycles. The highest BCUT2D eigenvalue weighted by molar-refractivity contribution is 5.77. The van der Waals surface area contributed by atoms with Gasteiger partial charge in [0.15, 0.2) is 11.6 Å². The van der Waals surface area contributed by atoms with Gasteiger partial charge in [0.25, 0.3) is 5.88 Å². The van der Waals surface area contributed by atoms with Gasteiger partial charge in [-0.3, -0.25) is 14.6 Å². The fraction of sp³-hybridized carbons (Fsp3) is 0.659. The monoisotopic (exact) mass is 757 g/mol. The summed E-state index contributed by atoms with van der Waals surface area (Å²) in [5, 5.41) is 36.3. The van der Waals surface area contributed by atoms with Crippen LogP contribution in [0.3, 0.4) is 0 Å². The third-order valence-electron chi connectivity index (χ3n) is 13.0. The van der Waals surface area contributed by atoms with Crippen LogP contribution in [0.2, 0.25) is 0 Å². The van der Waals surface area contributed by atoms with Crippen molar-refractivity contribution < 1.29 is 24.3 Å². The Bertz CT molecular complexity index is 1730. The van der Waals surface area contributed by atoms with Gasteiger partial charge >= 0.3 is 5.97 Å². The van der Waals surface area contributed by atoms with E-state index in [0.29, 0.717) is 41.6 Å². The number of aliphatic carboxylic acids is 1. The molecule has 14 heteroatoms. The minimum absolute atomic E-state index is 0.0894. The molecule has 3 aromatic rings. The Balaban J connectivity index is 0.720. The predicted octanol–water partition coefficient (Wildman–Crippen LogP) is 4.30. The van der Waals surface area contributed by atoms with E-state index in [1.54, 1.807) is 12.1 Å². The van der Waals surface area contributed by atoms with Crippen LogP contribution < -0.4 is 15.0 Å². The number of phenolic OH excluding ortho intramolecular Hbond substituents is 1. The first-order chi connectivity index (χ1) is 26.8. The number of rotatable bonds is 12. The quantitative estimate of drug-likeness (QED) is 0.241. The number of hydrogen-bond donors (Lipinski definition) is 3. The Morgan fingerprint density at radius 2 is 1.60 bits per heavy atom. The number of nitrogens with zero attached hydrogens (tertiary/aromatic N) is 8. The van der Waals surface area contributed by atoms with E-state index >= 15 is 0 Å². The number of phenols is 1. The SMILES string of the molecule is CC(C)C(C(=O)O)c1cc(OCCN2CCC(N3CCC(N4CCC(CN5CCN6c7cc(-c8ccccc8O)nnc7NC[C@H]6C5)CC4)CC3)CC2)no1. The molecule has 14 nitrogen and oxygen atoms in total. The molecule has 3 N–H and O–H groups in total. The summed E-state index contributed by atoms with van der Waals surface area (Å²) < 4.78 is 11.1. The van der Waals surface area contributed by atoms with Gasteiger partial charge in [-0.25, -0.2) is 0 Å². The van der Waals surface area contributed by atoms with Crippen molar-refractivity contribution in [3.63, 3.8) is 0 Å². The molecule has 8 rings (SSSR count). The van der Waals surface area contributed by atoms with Crippen LogP contribution in [0.4, 0.5) is 11.5 Å². The summed E-state index contributed by atoms with van der Waals surface area (Å²) in [4.78, 5) is 24.8. The summed E-state index contributed by atoms with van der Waals surface area (Å²) in [5.41, 5.74) is 2.52. The highest BCUT2D eigenvalue weighted by Gasteiger charge is 2.36. The average molecular weight is 758 g/mol. The summed E-state index contributed by atoms with van der Waals surface area (Å²) in [7, 11) is 0. The first kappa shape index (κ1) is 37.9. The molecule has 298 valence electrons. The van der Waals surface area contributed by atoms with E-state index in [1.807, 2.05) is 32.0 Å². The van der Waals surface area contributed by atoms with E-state index in [1.165, 1.54) is 71.2 Å². The summed E-state index contributed by atoms with van der Waals surface area (Å²) >= 11 is 0. The van der Waals surface area contributed by atoms with Gasteiger partial charge in [0.1, 0.15) is 18.3 Å². The van der Waals surface area contributed by atoms with Gasteiger partial charge in [0.05, 0.1) is 17.4 Å². The molecule has 5 aliphatic rings. The molecule has 0 radical (unpaired) electrons. The van der Waals surface area contributed by atoms with Gasteiger partial charge in [0.2, 0.25) is 0 Å². The van der Waals surface area contributed by atoms with Crippen LogP contribution in [-0.4, -0.2) is 154 Å². The van der Waals surface area contributed by atoms with Gasteiger partial charge in [-0.2, -0.15) is 0 Å². The van der Waals surface area contributed by atoms with Crippen LogP contribution in [0.5, 0.6) is 11.6 Å². The standard InChI is InChI=1S/C41H59N9O5/c1-28(2)39(41(52)53)37-24-38(45-55-37)54-22-21-46-13-9-30(10-14-46)49-17-11-31(12-18-49)48-15-7-29(8-16-48)26-47-19-20-50-32(27-47)25-42-40-35(50)23-34(43-44-40)33-5-3-4-6-36(33)51/h3-6,23-24,28-32,39,51H,7-22,25-27H2,1-2H3,(H,42,44)(H,52,53)/t32-,39?/m0/s1. The third kappa shape index (κ3) is 8.72. The maximum Gasteiger partial charge on any atom is 0.314 e. The normalized spacial score (nSPS) is 23.3. The number of anilines is 2. The number of aromatic nitrogens is 3. The fourth-order valence-corrected chi connectivity index (χ4v) is 9.83. The lowest BCUT2D eigenvalue weighted by Gasteiger charge is -2.47. The number of carbonyl (C=O) groups is 1. The second-order valence-electron chi connectivity index (χ2n) is 16.8. The fourth-order valence-electron chi connectivity index (χ4n) is 9.83. The van der Waals surface area contributed by atoms with Crippen LogP contribution in [0, 0.1) is 11.8 Å². The number of nitrogens with one attached hydrogen (secondary N) is 1. The van der Waals surface area contributed by atoms with Crippen LogP contribution in [0.25, 0.3) is 11.3 Å². The molecule has 4 saturated heterocycles. The number of para-hydroxylation sites is 1. The molecule has 0 aliphatic carbocycles. The minimum Gasteiger partial charge on any atom is -0.507 e. The van der Waals surface area contributed by atoms with Crippen molar-refractivity contribution in [1.82, 2.24) is 35.0 Å². The lowest BCUT2D eigenvalue weighted by atomic mass is 9.91. The van der Waals surface area contributed by atoms with E-state index < -0.39 is 11.9 Å².